The maximum Gasteiger partial charge on any atom is 0.306 e. The highest BCUT2D eigenvalue weighted by Gasteiger charge is 2.19. The van der Waals surface area contributed by atoms with Gasteiger partial charge in [0, 0.05) is 19.3 Å². The molecule has 0 aliphatic rings. The monoisotopic (exact) mass is 915 g/mol. The van der Waals surface area contributed by atoms with Gasteiger partial charge in [0.1, 0.15) is 13.2 Å². The largest absolute Gasteiger partial charge is 0.462 e. The minimum absolute atomic E-state index is 0.0708. The number of carbonyl (C=O) groups is 3. The Bertz CT molecular complexity index is 1050. The standard InChI is InChI=1S/C59H110O6/c1-4-7-10-13-16-19-22-25-27-29-31-32-34-37-40-43-46-49-52-58(61)64-55-56(54-63-57(60)51-48-45-42-39-36-24-21-18-15-12-9-6-3)65-59(62)53-50-47-44-41-38-35-33-30-28-26-23-20-17-14-11-8-5-2/h27,29,31-32,56H,4-26,28,30,33-55H2,1-3H3/b29-27-,32-31-. The summed E-state index contributed by atoms with van der Waals surface area (Å²) >= 11 is 0. The van der Waals surface area contributed by atoms with E-state index in [0.29, 0.717) is 19.3 Å². The first kappa shape index (κ1) is 62.9. The predicted molar refractivity (Wildman–Crippen MR) is 279 cm³/mol. The van der Waals surface area contributed by atoms with Crippen molar-refractivity contribution in [3.63, 3.8) is 0 Å². The molecular formula is C59H110O6. The van der Waals surface area contributed by atoms with Gasteiger partial charge in [-0.25, -0.2) is 0 Å². The van der Waals surface area contributed by atoms with E-state index in [9.17, 15) is 14.4 Å². The van der Waals surface area contributed by atoms with Crippen LogP contribution >= 0.6 is 0 Å². The fourth-order valence-electron chi connectivity index (χ4n) is 8.61. The highest BCUT2D eigenvalue weighted by atomic mass is 16.6. The third-order valence-corrected chi connectivity index (χ3v) is 13.0. The second kappa shape index (κ2) is 54.5. The van der Waals surface area contributed by atoms with E-state index in [0.717, 1.165) is 77.0 Å². The van der Waals surface area contributed by atoms with Crippen LogP contribution in [0, 0.1) is 0 Å². The van der Waals surface area contributed by atoms with Gasteiger partial charge in [-0.15, -0.1) is 0 Å². The van der Waals surface area contributed by atoms with Crippen LogP contribution in [0.15, 0.2) is 24.3 Å². The zero-order valence-corrected chi connectivity index (χ0v) is 43.8. The van der Waals surface area contributed by atoms with Crippen LogP contribution in [0.4, 0.5) is 0 Å². The summed E-state index contributed by atoms with van der Waals surface area (Å²) < 4.78 is 16.9. The highest BCUT2D eigenvalue weighted by Crippen LogP contribution is 2.17. The number of carbonyl (C=O) groups excluding carboxylic acids is 3. The van der Waals surface area contributed by atoms with Gasteiger partial charge < -0.3 is 14.2 Å². The molecule has 0 aromatic heterocycles. The van der Waals surface area contributed by atoms with E-state index in [4.69, 9.17) is 14.2 Å². The van der Waals surface area contributed by atoms with Crippen LogP contribution < -0.4 is 0 Å². The van der Waals surface area contributed by atoms with E-state index in [1.54, 1.807) is 0 Å². The summed E-state index contributed by atoms with van der Waals surface area (Å²) in [4.78, 5) is 38.1. The van der Waals surface area contributed by atoms with Crippen molar-refractivity contribution in [1.82, 2.24) is 0 Å². The number of allylic oxidation sites excluding steroid dienone is 4. The second-order valence-electron chi connectivity index (χ2n) is 19.6. The molecule has 0 rings (SSSR count). The maximum atomic E-state index is 12.8. The normalized spacial score (nSPS) is 12.1. The van der Waals surface area contributed by atoms with E-state index < -0.39 is 6.10 Å². The number of esters is 3. The minimum atomic E-state index is -0.772. The van der Waals surface area contributed by atoms with Gasteiger partial charge in [-0.2, -0.15) is 0 Å². The fourth-order valence-corrected chi connectivity index (χ4v) is 8.61. The topological polar surface area (TPSA) is 78.9 Å². The molecule has 0 bridgehead atoms. The molecule has 0 saturated carbocycles. The quantitative estimate of drug-likeness (QED) is 0.0262. The third-order valence-electron chi connectivity index (χ3n) is 13.0. The molecule has 0 saturated heterocycles. The molecule has 0 heterocycles. The van der Waals surface area contributed by atoms with Gasteiger partial charge in [0.2, 0.25) is 0 Å². The summed E-state index contributed by atoms with van der Waals surface area (Å²) in [5.41, 5.74) is 0. The smallest absolute Gasteiger partial charge is 0.306 e. The summed E-state index contributed by atoms with van der Waals surface area (Å²) in [5.74, 6) is -0.866. The predicted octanol–water partition coefficient (Wildman–Crippen LogP) is 19.1. The van der Waals surface area contributed by atoms with Crippen molar-refractivity contribution in [2.75, 3.05) is 13.2 Å². The van der Waals surface area contributed by atoms with Crippen molar-refractivity contribution in [3.8, 4) is 0 Å². The van der Waals surface area contributed by atoms with Crippen molar-refractivity contribution in [1.29, 1.82) is 0 Å². The Hall–Kier alpha value is -2.11. The number of unbranched alkanes of at least 4 members (excludes halogenated alkanes) is 39. The molecule has 382 valence electrons. The average Bonchev–Trinajstić information content (AvgIpc) is 3.30. The molecule has 0 N–H and O–H groups in total. The molecule has 0 radical (unpaired) electrons. The van der Waals surface area contributed by atoms with E-state index in [2.05, 4.69) is 45.1 Å². The first-order chi connectivity index (χ1) is 32.0. The summed E-state index contributed by atoms with van der Waals surface area (Å²) in [7, 11) is 0. The van der Waals surface area contributed by atoms with Gasteiger partial charge in [-0.05, 0) is 44.9 Å². The molecule has 0 aliphatic carbocycles. The lowest BCUT2D eigenvalue weighted by molar-refractivity contribution is -0.167. The Morgan fingerprint density at radius 1 is 0.308 bits per heavy atom. The lowest BCUT2D eigenvalue weighted by Crippen LogP contribution is -2.30. The maximum absolute atomic E-state index is 12.8. The van der Waals surface area contributed by atoms with Crippen molar-refractivity contribution >= 4 is 17.9 Å². The van der Waals surface area contributed by atoms with Crippen molar-refractivity contribution < 1.29 is 28.6 Å². The lowest BCUT2D eigenvalue weighted by atomic mass is 10.0. The van der Waals surface area contributed by atoms with Gasteiger partial charge in [-0.3, -0.25) is 14.4 Å². The first-order valence-corrected chi connectivity index (χ1v) is 28.9. The van der Waals surface area contributed by atoms with E-state index in [1.807, 2.05) is 0 Å². The zero-order valence-electron chi connectivity index (χ0n) is 43.8. The Kier molecular flexibility index (Phi) is 52.7. The number of ether oxygens (including phenoxy) is 3. The summed E-state index contributed by atoms with van der Waals surface area (Å²) in [5, 5.41) is 0. The van der Waals surface area contributed by atoms with Gasteiger partial charge in [0.05, 0.1) is 0 Å². The van der Waals surface area contributed by atoms with Gasteiger partial charge >= 0.3 is 17.9 Å². The number of hydrogen-bond donors (Lipinski definition) is 0. The lowest BCUT2D eigenvalue weighted by Gasteiger charge is -2.18. The number of hydrogen-bond acceptors (Lipinski definition) is 6. The third kappa shape index (κ3) is 52.7. The average molecular weight is 916 g/mol. The molecule has 65 heavy (non-hydrogen) atoms. The molecular weight excluding hydrogens is 805 g/mol. The molecule has 1 unspecified atom stereocenters. The van der Waals surface area contributed by atoms with Crippen LogP contribution in [-0.4, -0.2) is 37.2 Å². The minimum Gasteiger partial charge on any atom is -0.462 e. The highest BCUT2D eigenvalue weighted by molar-refractivity contribution is 5.71. The SMILES string of the molecule is CCCCCCCCC/C=C\C=C/CCCCCCCC(=O)OCC(COC(=O)CCCCCCCCCCCCCC)OC(=O)CCCCCCCCCCCCCCCCCCC. The van der Waals surface area contributed by atoms with Crippen LogP contribution in [-0.2, 0) is 28.6 Å². The Labute approximate surface area is 404 Å². The van der Waals surface area contributed by atoms with Gasteiger partial charge in [0.25, 0.3) is 0 Å². The molecule has 6 heteroatoms. The molecule has 0 spiro atoms. The molecule has 0 amide bonds. The Morgan fingerprint density at radius 2 is 0.538 bits per heavy atom. The van der Waals surface area contributed by atoms with E-state index in [1.165, 1.54) is 199 Å². The molecule has 6 nitrogen and oxygen atoms in total. The Morgan fingerprint density at radius 3 is 0.815 bits per heavy atom. The van der Waals surface area contributed by atoms with Crippen LogP contribution in [0.2, 0.25) is 0 Å². The van der Waals surface area contributed by atoms with Crippen molar-refractivity contribution in [3.05, 3.63) is 24.3 Å². The zero-order chi connectivity index (χ0) is 47.2. The number of rotatable bonds is 53. The van der Waals surface area contributed by atoms with Crippen LogP contribution in [0.1, 0.15) is 316 Å². The second-order valence-corrected chi connectivity index (χ2v) is 19.6. The fraction of sp³-hybridized carbons (Fsp3) is 0.881. The molecule has 0 aromatic rings. The van der Waals surface area contributed by atoms with Crippen LogP contribution in [0.5, 0.6) is 0 Å². The van der Waals surface area contributed by atoms with Gasteiger partial charge in [0.15, 0.2) is 6.10 Å². The molecule has 0 fully saturated rings. The van der Waals surface area contributed by atoms with E-state index in [-0.39, 0.29) is 31.1 Å². The first-order valence-electron chi connectivity index (χ1n) is 28.9. The molecule has 0 aromatic carbocycles. The summed E-state index contributed by atoms with van der Waals surface area (Å²) in [6, 6.07) is 0. The molecule has 0 aliphatic heterocycles. The summed E-state index contributed by atoms with van der Waals surface area (Å²) in [6.07, 6.45) is 63.1. The van der Waals surface area contributed by atoms with Crippen LogP contribution in [0.3, 0.4) is 0 Å². The van der Waals surface area contributed by atoms with Crippen molar-refractivity contribution in [2.24, 2.45) is 0 Å². The summed E-state index contributed by atoms with van der Waals surface area (Å²) in [6.45, 7) is 6.67. The Balaban J connectivity index is 4.33. The van der Waals surface area contributed by atoms with Crippen molar-refractivity contribution in [2.45, 2.75) is 322 Å². The van der Waals surface area contributed by atoms with E-state index >= 15 is 0 Å². The molecule has 1 atom stereocenters. The van der Waals surface area contributed by atoms with Gasteiger partial charge in [-0.1, -0.05) is 276 Å². The van der Waals surface area contributed by atoms with Crippen LogP contribution in [0.25, 0.3) is 0 Å².